The summed E-state index contributed by atoms with van der Waals surface area (Å²) in [4.78, 5) is 16.5. The van der Waals surface area contributed by atoms with E-state index in [4.69, 9.17) is 9.47 Å². The van der Waals surface area contributed by atoms with E-state index >= 15 is 0 Å². The smallest absolute Gasteiger partial charge is 0.244 e. The molecule has 0 fully saturated rings. The van der Waals surface area contributed by atoms with E-state index < -0.39 is 0 Å². The van der Waals surface area contributed by atoms with Crippen LogP contribution >= 0.6 is 0 Å². The van der Waals surface area contributed by atoms with E-state index in [0.717, 1.165) is 61.2 Å². The average molecular weight is 437 g/mol. The Hall–Kier alpha value is -3.08. The first-order valence-electron chi connectivity index (χ1n) is 11.4. The topological polar surface area (TPSA) is 60.5 Å². The Labute approximate surface area is 192 Å². The van der Waals surface area contributed by atoms with Gasteiger partial charge in [-0.1, -0.05) is 31.6 Å². The largest absolute Gasteiger partial charge is 0.497 e. The maximum absolute atomic E-state index is 12.3. The molecule has 1 amide bonds. The third kappa shape index (κ3) is 8.58. The quantitative estimate of drug-likeness (QED) is 0.320. The van der Waals surface area contributed by atoms with E-state index in [2.05, 4.69) is 23.3 Å². The Bertz CT molecular complexity index is 891. The molecule has 0 unspecified atom stereocenters. The van der Waals surface area contributed by atoms with Gasteiger partial charge in [-0.25, -0.2) is 0 Å². The fourth-order valence-corrected chi connectivity index (χ4v) is 3.51. The minimum absolute atomic E-state index is 0.0772. The Kier molecular flexibility index (Phi) is 11.1. The van der Waals surface area contributed by atoms with E-state index in [1.807, 2.05) is 49.5 Å². The van der Waals surface area contributed by atoms with E-state index in [9.17, 15) is 4.79 Å². The van der Waals surface area contributed by atoms with Crippen LogP contribution in [0, 0.1) is 0 Å². The molecule has 1 atom stereocenters. The van der Waals surface area contributed by atoms with Crippen LogP contribution in [0.1, 0.15) is 57.1 Å². The third-order valence-electron chi connectivity index (χ3n) is 5.31. The van der Waals surface area contributed by atoms with Crippen molar-refractivity contribution in [3.8, 4) is 11.5 Å². The third-order valence-corrected chi connectivity index (χ3v) is 5.31. The van der Waals surface area contributed by atoms with Gasteiger partial charge in [-0.3, -0.25) is 9.78 Å². The van der Waals surface area contributed by atoms with Crippen molar-refractivity contribution in [2.75, 3.05) is 14.2 Å². The minimum Gasteiger partial charge on any atom is -0.497 e. The molecule has 5 nitrogen and oxygen atoms in total. The van der Waals surface area contributed by atoms with Crippen molar-refractivity contribution in [2.24, 2.45) is 0 Å². The van der Waals surface area contributed by atoms with Crippen molar-refractivity contribution < 1.29 is 14.3 Å². The average Bonchev–Trinajstić information content (AvgIpc) is 2.81. The number of amides is 1. The van der Waals surface area contributed by atoms with Crippen LogP contribution in [0.3, 0.4) is 0 Å². The Balaban J connectivity index is 1.95. The van der Waals surface area contributed by atoms with Crippen molar-refractivity contribution >= 4 is 11.5 Å². The van der Waals surface area contributed by atoms with Gasteiger partial charge in [0.05, 0.1) is 14.2 Å². The van der Waals surface area contributed by atoms with Crippen LogP contribution in [0.5, 0.6) is 11.5 Å². The molecule has 2 rings (SSSR count). The number of nitrogens with zero attached hydrogens (tertiary/aromatic N) is 1. The molecule has 172 valence electrons. The number of pyridine rings is 1. The van der Waals surface area contributed by atoms with Gasteiger partial charge in [0.2, 0.25) is 5.91 Å². The number of carbonyl (C=O) groups is 1. The molecule has 0 aliphatic heterocycles. The maximum Gasteiger partial charge on any atom is 0.244 e. The van der Waals surface area contributed by atoms with Gasteiger partial charge in [-0.15, -0.1) is 0 Å². The summed E-state index contributed by atoms with van der Waals surface area (Å²) < 4.78 is 10.9. The first-order valence-corrected chi connectivity index (χ1v) is 11.4. The zero-order valence-electron chi connectivity index (χ0n) is 19.8. The molecule has 0 radical (unpaired) electrons. The summed E-state index contributed by atoms with van der Waals surface area (Å²) in [5, 5.41) is 3.05. The van der Waals surface area contributed by atoms with E-state index in [-0.39, 0.29) is 11.9 Å². The van der Waals surface area contributed by atoms with E-state index in [1.165, 1.54) is 5.56 Å². The SMILES string of the molecule is CCCC/C(=C\C=C\C(=O)N[C@H](C)CCCc1cccnc1)c1ccc(OC)cc1OC. The van der Waals surface area contributed by atoms with Crippen molar-refractivity contribution in [1.82, 2.24) is 10.3 Å². The monoisotopic (exact) mass is 436 g/mol. The molecule has 1 aromatic heterocycles. The number of nitrogens with one attached hydrogen (secondary N) is 1. The van der Waals surface area contributed by atoms with Crippen molar-refractivity contribution in [3.05, 3.63) is 72.1 Å². The fraction of sp³-hybridized carbons (Fsp3) is 0.407. The van der Waals surface area contributed by atoms with Crippen LogP contribution in [0.15, 0.2) is 61.0 Å². The molecule has 1 N–H and O–H groups in total. The number of unbranched alkanes of at least 4 members (excludes halogenated alkanes) is 1. The molecule has 2 aromatic rings. The summed E-state index contributed by atoms with van der Waals surface area (Å²) in [6, 6.07) is 9.99. The molecule has 0 bridgehead atoms. The van der Waals surface area contributed by atoms with Crippen molar-refractivity contribution in [2.45, 2.75) is 58.4 Å². The van der Waals surface area contributed by atoms with Crippen molar-refractivity contribution in [1.29, 1.82) is 0 Å². The zero-order valence-corrected chi connectivity index (χ0v) is 19.8. The highest BCUT2D eigenvalue weighted by atomic mass is 16.5. The Morgan fingerprint density at radius 3 is 2.72 bits per heavy atom. The highest BCUT2D eigenvalue weighted by Gasteiger charge is 2.10. The second-order valence-corrected chi connectivity index (χ2v) is 7.88. The number of hydrogen-bond acceptors (Lipinski definition) is 4. The van der Waals surface area contributed by atoms with Gasteiger partial charge in [0.1, 0.15) is 11.5 Å². The molecule has 32 heavy (non-hydrogen) atoms. The van der Waals surface area contributed by atoms with Gasteiger partial charge >= 0.3 is 0 Å². The van der Waals surface area contributed by atoms with Gasteiger partial charge in [0.15, 0.2) is 0 Å². The molecule has 1 heterocycles. The maximum atomic E-state index is 12.3. The summed E-state index contributed by atoms with van der Waals surface area (Å²) in [5.41, 5.74) is 3.39. The molecule has 0 saturated carbocycles. The predicted octanol–water partition coefficient (Wildman–Crippen LogP) is 5.76. The molecular formula is C27H36N2O3. The van der Waals surface area contributed by atoms with Crippen LogP contribution in [0.2, 0.25) is 0 Å². The number of aryl methyl sites for hydroxylation is 1. The number of hydrogen-bond donors (Lipinski definition) is 1. The summed E-state index contributed by atoms with van der Waals surface area (Å²) in [5.74, 6) is 1.45. The Morgan fingerprint density at radius 1 is 1.19 bits per heavy atom. The molecule has 0 aliphatic carbocycles. The summed E-state index contributed by atoms with van der Waals surface area (Å²) in [6.45, 7) is 4.21. The van der Waals surface area contributed by atoms with E-state index in [0.29, 0.717) is 0 Å². The second kappa shape index (κ2) is 14.1. The first-order chi connectivity index (χ1) is 15.6. The van der Waals surface area contributed by atoms with Gasteiger partial charge in [-0.05, 0) is 68.4 Å². The standard InChI is InChI=1S/C27H36N2O3/c1-5-6-13-23(25-17-16-24(31-3)19-26(25)32-4)14-8-15-27(30)29-21(2)10-7-11-22-12-9-18-28-20-22/h8-9,12,14-21H,5-7,10-11,13H2,1-4H3,(H,29,30)/b15-8+,23-14+/t21-/m1/s1. The number of rotatable bonds is 13. The predicted molar refractivity (Wildman–Crippen MR) is 131 cm³/mol. The zero-order chi connectivity index (χ0) is 23.2. The lowest BCUT2D eigenvalue weighted by Crippen LogP contribution is -2.31. The highest BCUT2D eigenvalue weighted by Crippen LogP contribution is 2.32. The number of ether oxygens (including phenoxy) is 2. The summed E-state index contributed by atoms with van der Waals surface area (Å²) >= 11 is 0. The second-order valence-electron chi connectivity index (χ2n) is 7.88. The van der Waals surface area contributed by atoms with Crippen LogP contribution in [0.4, 0.5) is 0 Å². The van der Waals surface area contributed by atoms with Gasteiger partial charge < -0.3 is 14.8 Å². The lowest BCUT2D eigenvalue weighted by molar-refractivity contribution is -0.117. The van der Waals surface area contributed by atoms with Crippen molar-refractivity contribution in [3.63, 3.8) is 0 Å². The summed E-state index contributed by atoms with van der Waals surface area (Å²) in [7, 11) is 3.30. The fourth-order valence-electron chi connectivity index (χ4n) is 3.51. The summed E-state index contributed by atoms with van der Waals surface area (Å²) in [6.07, 6.45) is 15.1. The molecule has 0 saturated heterocycles. The highest BCUT2D eigenvalue weighted by molar-refractivity contribution is 5.88. The molecule has 5 heteroatoms. The van der Waals surface area contributed by atoms with Gasteiger partial charge in [-0.2, -0.15) is 0 Å². The molecule has 0 aliphatic rings. The molecule has 0 spiro atoms. The van der Waals surface area contributed by atoms with Gasteiger partial charge in [0, 0.05) is 36.1 Å². The van der Waals surface area contributed by atoms with Crippen LogP contribution in [-0.2, 0) is 11.2 Å². The number of methoxy groups -OCH3 is 2. The number of carbonyl (C=O) groups excluding carboxylic acids is 1. The van der Waals surface area contributed by atoms with E-state index in [1.54, 1.807) is 26.5 Å². The number of aromatic nitrogens is 1. The van der Waals surface area contributed by atoms with Crippen LogP contribution in [0.25, 0.3) is 5.57 Å². The number of benzene rings is 1. The van der Waals surface area contributed by atoms with Crippen LogP contribution < -0.4 is 14.8 Å². The van der Waals surface area contributed by atoms with Gasteiger partial charge in [0.25, 0.3) is 0 Å². The Morgan fingerprint density at radius 2 is 2.03 bits per heavy atom. The van der Waals surface area contributed by atoms with Crippen LogP contribution in [-0.4, -0.2) is 31.2 Å². The first kappa shape index (κ1) is 25.2. The number of allylic oxidation sites excluding steroid dienone is 3. The normalized spacial score (nSPS) is 12.6. The minimum atomic E-state index is -0.0772. The molecule has 1 aromatic carbocycles. The lowest BCUT2D eigenvalue weighted by atomic mass is 9.98. The molecular weight excluding hydrogens is 400 g/mol. The lowest BCUT2D eigenvalue weighted by Gasteiger charge is -2.13.